The Hall–Kier alpha value is -3.65. The highest BCUT2D eigenvalue weighted by Crippen LogP contribution is 2.31. The lowest BCUT2D eigenvalue weighted by atomic mass is 9.92. The Morgan fingerprint density at radius 2 is 1.37 bits per heavy atom. The summed E-state index contributed by atoms with van der Waals surface area (Å²) in [5, 5.41) is 4.21. The molecule has 0 aromatic heterocycles. The van der Waals surface area contributed by atoms with Crippen molar-refractivity contribution in [1.29, 1.82) is 0 Å². The topological polar surface area (TPSA) is 73.4 Å². The predicted octanol–water partition coefficient (Wildman–Crippen LogP) is 4.61. The van der Waals surface area contributed by atoms with E-state index >= 15 is 0 Å². The van der Waals surface area contributed by atoms with Gasteiger partial charge in [0.05, 0.1) is 18.1 Å². The summed E-state index contributed by atoms with van der Waals surface area (Å²) in [5.74, 6) is 0.332. The molecule has 3 heterocycles. The van der Waals surface area contributed by atoms with Crippen LogP contribution in [0.2, 0.25) is 0 Å². The maximum absolute atomic E-state index is 14.0. The largest absolute Gasteiger partial charge is 0.450 e. The normalized spacial score (nSPS) is 20.9. The SMILES string of the molecule is CCOC(=O)N1CCN(C(=O)[C@@H]2CCCN(C3CCN(C(=O)c4c5ccccc5cc5ccccc45)CC3)C2)CC1. The van der Waals surface area contributed by atoms with E-state index in [9.17, 15) is 14.4 Å². The second-order valence-corrected chi connectivity index (χ2v) is 11.6. The fourth-order valence-corrected chi connectivity index (χ4v) is 6.96. The molecule has 0 unspecified atom stereocenters. The molecule has 0 aliphatic carbocycles. The van der Waals surface area contributed by atoms with Crippen LogP contribution in [0.4, 0.5) is 4.79 Å². The number of nitrogens with zero attached hydrogens (tertiary/aromatic N) is 4. The predicted molar refractivity (Wildman–Crippen MR) is 160 cm³/mol. The second-order valence-electron chi connectivity index (χ2n) is 11.6. The van der Waals surface area contributed by atoms with Gasteiger partial charge in [0.15, 0.2) is 0 Å². The van der Waals surface area contributed by atoms with Gasteiger partial charge in [0.25, 0.3) is 5.91 Å². The molecule has 3 aliphatic heterocycles. The van der Waals surface area contributed by atoms with Crippen molar-refractivity contribution in [2.24, 2.45) is 5.92 Å². The molecule has 41 heavy (non-hydrogen) atoms. The summed E-state index contributed by atoms with van der Waals surface area (Å²) >= 11 is 0. The van der Waals surface area contributed by atoms with Gasteiger partial charge >= 0.3 is 6.09 Å². The maximum Gasteiger partial charge on any atom is 0.409 e. The number of carbonyl (C=O) groups excluding carboxylic acids is 3. The summed E-state index contributed by atoms with van der Waals surface area (Å²) in [7, 11) is 0. The summed E-state index contributed by atoms with van der Waals surface area (Å²) in [4.78, 5) is 47.5. The van der Waals surface area contributed by atoms with Crippen LogP contribution >= 0.6 is 0 Å². The Morgan fingerprint density at radius 3 is 2.00 bits per heavy atom. The molecule has 0 bridgehead atoms. The van der Waals surface area contributed by atoms with Crippen LogP contribution in [0.5, 0.6) is 0 Å². The van der Waals surface area contributed by atoms with E-state index in [2.05, 4.69) is 35.2 Å². The van der Waals surface area contributed by atoms with Crippen LogP contribution in [0.15, 0.2) is 54.6 Å². The number of carbonyl (C=O) groups is 3. The number of ether oxygens (including phenoxy) is 1. The number of piperidine rings is 2. The number of rotatable bonds is 4. The van der Waals surface area contributed by atoms with Crippen molar-refractivity contribution in [3.05, 3.63) is 60.2 Å². The molecule has 3 fully saturated rings. The lowest BCUT2D eigenvalue weighted by Crippen LogP contribution is -2.55. The zero-order chi connectivity index (χ0) is 28.3. The average molecular weight is 557 g/mol. The van der Waals surface area contributed by atoms with E-state index in [0.717, 1.165) is 79.0 Å². The van der Waals surface area contributed by atoms with Gasteiger partial charge < -0.3 is 19.4 Å². The fraction of sp³-hybridized carbons (Fsp3) is 0.485. The van der Waals surface area contributed by atoms with E-state index in [1.165, 1.54) is 0 Å². The molecule has 8 nitrogen and oxygen atoms in total. The minimum atomic E-state index is -0.290. The molecule has 3 saturated heterocycles. The minimum Gasteiger partial charge on any atom is -0.450 e. The van der Waals surface area contributed by atoms with Crippen molar-refractivity contribution in [2.75, 3.05) is 59.0 Å². The molecule has 216 valence electrons. The molecule has 1 atom stereocenters. The van der Waals surface area contributed by atoms with Crippen LogP contribution in [0.1, 0.15) is 43.0 Å². The third kappa shape index (κ3) is 5.62. The van der Waals surface area contributed by atoms with Gasteiger partial charge in [-0.25, -0.2) is 4.79 Å². The van der Waals surface area contributed by atoms with Crippen LogP contribution in [-0.2, 0) is 9.53 Å². The standard InChI is InChI=1S/C33H40N4O4/c1-2-41-33(40)36-20-18-35(19-21-36)31(38)26-10-7-15-37(23-26)27-13-16-34(17-14-27)32(39)30-28-11-5-3-8-24(28)22-25-9-4-6-12-29(25)30/h3-6,8-9,11-12,22,26-27H,2,7,10,13-21,23H2,1H3/t26-/m1/s1. The van der Waals surface area contributed by atoms with Gasteiger partial charge in [-0.2, -0.15) is 0 Å². The Morgan fingerprint density at radius 1 is 0.756 bits per heavy atom. The number of hydrogen-bond acceptors (Lipinski definition) is 5. The van der Waals surface area contributed by atoms with Crippen LogP contribution in [0.3, 0.4) is 0 Å². The molecule has 3 aromatic rings. The molecular weight excluding hydrogens is 516 g/mol. The molecule has 3 amide bonds. The maximum atomic E-state index is 14.0. The lowest BCUT2D eigenvalue weighted by molar-refractivity contribution is -0.139. The molecule has 0 radical (unpaired) electrons. The zero-order valence-electron chi connectivity index (χ0n) is 24.0. The van der Waals surface area contributed by atoms with Crippen molar-refractivity contribution in [3.63, 3.8) is 0 Å². The first kappa shape index (κ1) is 27.5. The fourth-order valence-electron chi connectivity index (χ4n) is 6.96. The van der Waals surface area contributed by atoms with Crippen molar-refractivity contribution < 1.29 is 19.1 Å². The Kier molecular flexibility index (Phi) is 8.10. The number of fused-ring (bicyclic) bond motifs is 2. The van der Waals surface area contributed by atoms with E-state index in [1.54, 1.807) is 11.8 Å². The lowest BCUT2D eigenvalue weighted by Gasteiger charge is -2.43. The molecule has 3 aliphatic rings. The third-order valence-electron chi connectivity index (χ3n) is 9.17. The first-order valence-corrected chi connectivity index (χ1v) is 15.2. The van der Waals surface area contributed by atoms with E-state index in [-0.39, 0.29) is 23.8 Å². The number of amides is 3. The van der Waals surface area contributed by atoms with Crippen molar-refractivity contribution in [2.45, 2.75) is 38.6 Å². The van der Waals surface area contributed by atoms with Gasteiger partial charge in [-0.3, -0.25) is 14.5 Å². The molecular formula is C33H40N4O4. The van der Waals surface area contributed by atoms with E-state index in [1.807, 2.05) is 34.1 Å². The van der Waals surface area contributed by atoms with Crippen LogP contribution in [0, 0.1) is 5.92 Å². The van der Waals surface area contributed by atoms with Crippen LogP contribution in [-0.4, -0.2) is 103 Å². The molecule has 6 rings (SSSR count). The monoisotopic (exact) mass is 556 g/mol. The van der Waals surface area contributed by atoms with Gasteiger partial charge in [0, 0.05) is 51.9 Å². The third-order valence-corrected chi connectivity index (χ3v) is 9.17. The average Bonchev–Trinajstić information content (AvgIpc) is 3.03. The van der Waals surface area contributed by atoms with Crippen LogP contribution < -0.4 is 0 Å². The van der Waals surface area contributed by atoms with E-state index < -0.39 is 0 Å². The summed E-state index contributed by atoms with van der Waals surface area (Å²) in [6.07, 6.45) is 3.49. The first-order valence-electron chi connectivity index (χ1n) is 15.2. The highest BCUT2D eigenvalue weighted by Gasteiger charge is 2.36. The highest BCUT2D eigenvalue weighted by atomic mass is 16.6. The summed E-state index contributed by atoms with van der Waals surface area (Å²) in [6.45, 7) is 7.60. The van der Waals surface area contributed by atoms with Gasteiger partial charge in [0.2, 0.25) is 5.91 Å². The summed E-state index contributed by atoms with van der Waals surface area (Å²) in [6, 6.07) is 18.9. The molecule has 0 spiro atoms. The van der Waals surface area contributed by atoms with Crippen LogP contribution in [0.25, 0.3) is 21.5 Å². The van der Waals surface area contributed by atoms with Crippen molar-refractivity contribution in [3.8, 4) is 0 Å². The Bertz CT molecular complexity index is 1370. The first-order chi connectivity index (χ1) is 20.0. The van der Waals surface area contributed by atoms with Gasteiger partial charge in [-0.05, 0) is 66.8 Å². The van der Waals surface area contributed by atoms with E-state index in [0.29, 0.717) is 38.8 Å². The summed E-state index contributed by atoms with van der Waals surface area (Å²) < 4.78 is 5.11. The molecule has 0 saturated carbocycles. The minimum absolute atomic E-state index is 0.000368. The number of hydrogen-bond donors (Lipinski definition) is 0. The number of benzene rings is 3. The molecule has 3 aromatic carbocycles. The highest BCUT2D eigenvalue weighted by molar-refractivity contribution is 6.18. The Labute approximate surface area is 241 Å². The van der Waals surface area contributed by atoms with Gasteiger partial charge in [-0.15, -0.1) is 0 Å². The molecule has 0 N–H and O–H groups in total. The number of likely N-dealkylation sites (tertiary alicyclic amines) is 2. The Balaban J connectivity index is 1.07. The second kappa shape index (κ2) is 12.1. The van der Waals surface area contributed by atoms with E-state index in [4.69, 9.17) is 4.74 Å². The quantitative estimate of drug-likeness (QED) is 0.439. The van der Waals surface area contributed by atoms with Crippen molar-refractivity contribution >= 4 is 39.5 Å². The van der Waals surface area contributed by atoms with Gasteiger partial charge in [-0.1, -0.05) is 48.5 Å². The molecule has 8 heteroatoms. The zero-order valence-corrected chi connectivity index (χ0v) is 24.0. The smallest absolute Gasteiger partial charge is 0.409 e. The van der Waals surface area contributed by atoms with Gasteiger partial charge in [0.1, 0.15) is 0 Å². The summed E-state index contributed by atoms with van der Waals surface area (Å²) in [5.41, 5.74) is 0.809. The number of piperazine rings is 1. The van der Waals surface area contributed by atoms with Crippen molar-refractivity contribution in [1.82, 2.24) is 19.6 Å².